The van der Waals surface area contributed by atoms with Gasteiger partial charge >= 0.3 is 6.18 Å². The van der Waals surface area contributed by atoms with E-state index in [1.807, 2.05) is 0 Å². The van der Waals surface area contributed by atoms with Crippen LogP contribution in [0.2, 0.25) is 0 Å². The van der Waals surface area contributed by atoms with Crippen molar-refractivity contribution in [3.8, 4) is 0 Å². The maximum Gasteiger partial charge on any atom is 0.437 e. The van der Waals surface area contributed by atoms with Crippen molar-refractivity contribution in [2.24, 2.45) is 7.05 Å². The van der Waals surface area contributed by atoms with Crippen molar-refractivity contribution in [2.45, 2.75) is 11.7 Å². The largest absolute Gasteiger partial charge is 0.770 e. The quantitative estimate of drug-likeness (QED) is 0.568. The molecule has 86 valence electrons. The van der Waals surface area contributed by atoms with E-state index in [1.165, 1.54) is 0 Å². The molecule has 0 aliphatic rings. The van der Waals surface area contributed by atoms with Gasteiger partial charge in [0.15, 0.2) is 5.69 Å². The lowest BCUT2D eigenvalue weighted by atomic mass is 10.3. The van der Waals surface area contributed by atoms with Gasteiger partial charge in [0.1, 0.15) is 5.69 Å². The van der Waals surface area contributed by atoms with E-state index < -0.39 is 34.1 Å². The molecule has 0 bridgehead atoms. The molecule has 5 nitrogen and oxygen atoms in total. The van der Waals surface area contributed by atoms with E-state index in [0.29, 0.717) is 4.80 Å². The maximum absolute atomic E-state index is 12.8. The van der Waals surface area contributed by atoms with Crippen LogP contribution in [0.25, 0.3) is 0 Å². The van der Waals surface area contributed by atoms with Crippen LogP contribution >= 0.6 is 0 Å². The van der Waals surface area contributed by atoms with Crippen LogP contribution in [0.5, 0.6) is 0 Å². The SMILES string of the molecule is Cn1nc(C(F)S(=O)[O-])c(C(F)(F)F)n1. The predicted octanol–water partition coefficient (Wildman–Crippen LogP) is 0.681. The van der Waals surface area contributed by atoms with Gasteiger partial charge in [-0.15, -0.1) is 5.10 Å². The highest BCUT2D eigenvalue weighted by Crippen LogP contribution is 2.33. The molecule has 2 atom stereocenters. The highest BCUT2D eigenvalue weighted by atomic mass is 32.2. The Morgan fingerprint density at radius 1 is 1.47 bits per heavy atom. The molecule has 1 heterocycles. The molecule has 10 heteroatoms. The normalized spacial score (nSPS) is 16.4. The van der Waals surface area contributed by atoms with Crippen LogP contribution in [0.3, 0.4) is 0 Å². The van der Waals surface area contributed by atoms with E-state index in [-0.39, 0.29) is 0 Å². The summed E-state index contributed by atoms with van der Waals surface area (Å²) < 4.78 is 69.8. The lowest BCUT2D eigenvalue weighted by Gasteiger charge is -2.10. The highest BCUT2D eigenvalue weighted by molar-refractivity contribution is 7.79. The third-order valence-corrected chi connectivity index (χ3v) is 1.95. The fraction of sp³-hybridized carbons (Fsp3) is 0.600. The third-order valence-electron chi connectivity index (χ3n) is 1.39. The maximum atomic E-state index is 12.8. The van der Waals surface area contributed by atoms with Crippen LogP contribution in [0.1, 0.15) is 16.9 Å². The van der Waals surface area contributed by atoms with Crippen LogP contribution in [0, 0.1) is 0 Å². The van der Waals surface area contributed by atoms with E-state index in [0.717, 1.165) is 7.05 Å². The Morgan fingerprint density at radius 3 is 2.40 bits per heavy atom. The number of rotatable bonds is 2. The van der Waals surface area contributed by atoms with Gasteiger partial charge in [-0.25, -0.2) is 4.39 Å². The van der Waals surface area contributed by atoms with Crippen LogP contribution in [0.15, 0.2) is 0 Å². The molecule has 0 radical (unpaired) electrons. The highest BCUT2D eigenvalue weighted by Gasteiger charge is 2.40. The Morgan fingerprint density at radius 2 is 2.00 bits per heavy atom. The van der Waals surface area contributed by atoms with Gasteiger partial charge in [-0.05, 0) is 11.1 Å². The Balaban J connectivity index is 3.24. The number of halogens is 4. The van der Waals surface area contributed by atoms with Crippen molar-refractivity contribution < 1.29 is 26.3 Å². The van der Waals surface area contributed by atoms with Gasteiger partial charge in [-0.1, -0.05) is 0 Å². The van der Waals surface area contributed by atoms with Gasteiger partial charge in [0.25, 0.3) is 0 Å². The minimum Gasteiger partial charge on any atom is -0.770 e. The van der Waals surface area contributed by atoms with E-state index >= 15 is 0 Å². The Bertz CT molecular complexity index is 390. The molecular formula is C5H4F4N3O2S-. The molecule has 1 aromatic heterocycles. The van der Waals surface area contributed by atoms with Crippen molar-refractivity contribution in [1.29, 1.82) is 0 Å². The van der Waals surface area contributed by atoms with E-state index in [2.05, 4.69) is 10.2 Å². The Hall–Kier alpha value is -1.03. The summed E-state index contributed by atoms with van der Waals surface area (Å²) in [6.07, 6.45) is -4.94. The zero-order valence-corrected chi connectivity index (χ0v) is 7.97. The molecule has 0 N–H and O–H groups in total. The summed E-state index contributed by atoms with van der Waals surface area (Å²) in [6, 6.07) is 0. The van der Waals surface area contributed by atoms with Gasteiger partial charge in [0, 0.05) is 7.05 Å². The van der Waals surface area contributed by atoms with Gasteiger partial charge < -0.3 is 4.55 Å². The summed E-state index contributed by atoms with van der Waals surface area (Å²) in [4.78, 5) is 0.456. The molecule has 0 saturated carbocycles. The first-order valence-corrected chi connectivity index (χ1v) is 4.58. The second-order valence-corrected chi connectivity index (χ2v) is 3.43. The number of alkyl halides is 4. The van der Waals surface area contributed by atoms with Crippen LogP contribution < -0.4 is 0 Å². The first-order valence-electron chi connectivity index (χ1n) is 3.44. The molecule has 0 amide bonds. The predicted molar refractivity (Wildman–Crippen MR) is 38.8 cm³/mol. The van der Waals surface area contributed by atoms with Crippen LogP contribution in [-0.2, 0) is 24.3 Å². The minimum atomic E-state index is -4.94. The lowest BCUT2D eigenvalue weighted by molar-refractivity contribution is -0.142. The zero-order chi connectivity index (χ0) is 11.8. The summed E-state index contributed by atoms with van der Waals surface area (Å²) in [5, 5.41) is 5.87. The number of aromatic nitrogens is 3. The van der Waals surface area contributed by atoms with Crippen LogP contribution in [0.4, 0.5) is 17.6 Å². The number of nitrogens with zero attached hydrogens (tertiary/aromatic N) is 3. The average Bonchev–Trinajstić information content (AvgIpc) is 2.44. The first kappa shape index (κ1) is 12.0. The molecular weight excluding hydrogens is 242 g/mol. The summed E-state index contributed by atoms with van der Waals surface area (Å²) in [7, 11) is 1.03. The van der Waals surface area contributed by atoms with Crippen molar-refractivity contribution >= 4 is 11.1 Å². The molecule has 0 saturated heterocycles. The van der Waals surface area contributed by atoms with Gasteiger partial charge in [-0.2, -0.15) is 23.1 Å². The minimum absolute atomic E-state index is 0.456. The number of hydrogen-bond acceptors (Lipinski definition) is 4. The molecule has 15 heavy (non-hydrogen) atoms. The second kappa shape index (κ2) is 3.85. The molecule has 1 rings (SSSR count). The summed E-state index contributed by atoms with van der Waals surface area (Å²) in [6.45, 7) is 0. The molecule has 0 aromatic carbocycles. The Kier molecular flexibility index (Phi) is 3.09. The van der Waals surface area contributed by atoms with E-state index in [4.69, 9.17) is 0 Å². The third kappa shape index (κ3) is 2.50. The lowest BCUT2D eigenvalue weighted by Crippen LogP contribution is -2.12. The smallest absolute Gasteiger partial charge is 0.437 e. The van der Waals surface area contributed by atoms with E-state index in [1.54, 1.807) is 0 Å². The molecule has 0 spiro atoms. The van der Waals surface area contributed by atoms with Crippen LogP contribution in [-0.4, -0.2) is 23.8 Å². The fourth-order valence-corrected chi connectivity index (χ4v) is 1.21. The number of hydrogen-bond donors (Lipinski definition) is 0. The molecule has 2 unspecified atom stereocenters. The summed E-state index contributed by atoms with van der Waals surface area (Å²) in [5.41, 5.74) is -5.73. The van der Waals surface area contributed by atoms with Crippen molar-refractivity contribution in [2.75, 3.05) is 0 Å². The fourth-order valence-electron chi connectivity index (χ4n) is 0.868. The average molecular weight is 246 g/mol. The van der Waals surface area contributed by atoms with Crippen molar-refractivity contribution in [1.82, 2.24) is 15.0 Å². The van der Waals surface area contributed by atoms with E-state index in [9.17, 15) is 26.3 Å². The second-order valence-electron chi connectivity index (χ2n) is 2.50. The summed E-state index contributed by atoms with van der Waals surface area (Å²) in [5.74, 6) is 0. The topological polar surface area (TPSA) is 70.8 Å². The first-order chi connectivity index (χ1) is 6.73. The molecule has 0 aliphatic carbocycles. The monoisotopic (exact) mass is 246 g/mol. The summed E-state index contributed by atoms with van der Waals surface area (Å²) >= 11 is -3.33. The molecule has 0 fully saturated rings. The molecule has 1 aromatic rings. The van der Waals surface area contributed by atoms with Gasteiger partial charge in [-0.3, -0.25) is 4.21 Å². The Labute approximate surface area is 83.4 Å². The standard InChI is InChI=1S/C5H5F4N3O2S/c1-12-10-2(4(6)15(13)14)3(11-12)5(7,8)9/h4H,1H3,(H,13,14)/p-1. The van der Waals surface area contributed by atoms with Crippen molar-refractivity contribution in [3.05, 3.63) is 11.4 Å². The number of aryl methyl sites for hydroxylation is 1. The van der Waals surface area contributed by atoms with Crippen molar-refractivity contribution in [3.63, 3.8) is 0 Å². The zero-order valence-electron chi connectivity index (χ0n) is 7.16. The van der Waals surface area contributed by atoms with Gasteiger partial charge in [0.2, 0.25) is 5.50 Å². The van der Waals surface area contributed by atoms with Gasteiger partial charge in [0.05, 0.1) is 0 Å². The molecule has 0 aliphatic heterocycles.